The lowest BCUT2D eigenvalue weighted by atomic mass is 9.93. The molecule has 3 rings (SSSR count). The van der Waals surface area contributed by atoms with E-state index >= 15 is 0 Å². The van der Waals surface area contributed by atoms with E-state index in [0.29, 0.717) is 6.54 Å². The lowest BCUT2D eigenvalue weighted by Gasteiger charge is -2.13. The molecule has 1 N–H and O–H groups in total. The van der Waals surface area contributed by atoms with Crippen molar-refractivity contribution in [2.45, 2.75) is 5.92 Å². The minimum Gasteiger partial charge on any atom is -0.469 e. The van der Waals surface area contributed by atoms with Gasteiger partial charge in [-0.15, -0.1) is 0 Å². The monoisotopic (exact) mass is 245 g/mol. The van der Waals surface area contributed by atoms with Gasteiger partial charge in [0.15, 0.2) is 0 Å². The van der Waals surface area contributed by atoms with Crippen LogP contribution in [0.3, 0.4) is 0 Å². The van der Waals surface area contributed by atoms with Crippen LogP contribution in [-0.4, -0.2) is 26.2 Å². The molecular formula is C14H15NO3. The summed E-state index contributed by atoms with van der Waals surface area (Å²) >= 11 is 0. The molecule has 2 heterocycles. The van der Waals surface area contributed by atoms with Gasteiger partial charge in [0.2, 0.25) is 0 Å². The summed E-state index contributed by atoms with van der Waals surface area (Å²) in [6.07, 6.45) is 0. The second kappa shape index (κ2) is 4.46. The highest BCUT2D eigenvalue weighted by molar-refractivity contribution is 5.79. The van der Waals surface area contributed by atoms with Crippen molar-refractivity contribution in [2.75, 3.05) is 20.2 Å². The van der Waals surface area contributed by atoms with Crippen molar-refractivity contribution in [3.8, 4) is 0 Å². The van der Waals surface area contributed by atoms with Crippen LogP contribution in [0.4, 0.5) is 0 Å². The highest BCUT2D eigenvalue weighted by Crippen LogP contribution is 2.32. The number of para-hydroxylation sites is 1. The van der Waals surface area contributed by atoms with Gasteiger partial charge < -0.3 is 14.5 Å². The van der Waals surface area contributed by atoms with Crippen LogP contribution in [0.15, 0.2) is 34.7 Å². The van der Waals surface area contributed by atoms with E-state index in [4.69, 9.17) is 9.15 Å². The maximum Gasteiger partial charge on any atom is 0.310 e. The number of hydrogen-bond donors (Lipinski definition) is 1. The molecule has 1 fully saturated rings. The zero-order chi connectivity index (χ0) is 12.5. The summed E-state index contributed by atoms with van der Waals surface area (Å²) in [5.41, 5.74) is 0.864. The average molecular weight is 245 g/mol. The van der Waals surface area contributed by atoms with Gasteiger partial charge in [0.25, 0.3) is 0 Å². The van der Waals surface area contributed by atoms with Crippen LogP contribution in [-0.2, 0) is 9.53 Å². The number of fused-ring (bicyclic) bond motifs is 1. The maximum absolute atomic E-state index is 11.7. The summed E-state index contributed by atoms with van der Waals surface area (Å²) in [5, 5.41) is 4.29. The Hall–Kier alpha value is -1.81. The molecule has 0 spiro atoms. The Morgan fingerprint density at radius 1 is 1.39 bits per heavy atom. The number of carbonyl (C=O) groups excluding carboxylic acids is 1. The number of esters is 1. The molecule has 1 saturated heterocycles. The Bertz CT molecular complexity index is 542. The van der Waals surface area contributed by atoms with Crippen molar-refractivity contribution in [2.24, 2.45) is 5.92 Å². The Morgan fingerprint density at radius 2 is 2.22 bits per heavy atom. The maximum atomic E-state index is 11.7. The first-order chi connectivity index (χ1) is 8.79. The van der Waals surface area contributed by atoms with Crippen molar-refractivity contribution < 1.29 is 13.9 Å². The first kappa shape index (κ1) is 11.3. The Morgan fingerprint density at radius 3 is 3.00 bits per heavy atom. The zero-order valence-electron chi connectivity index (χ0n) is 10.2. The molecule has 4 nitrogen and oxygen atoms in total. The molecule has 2 aromatic rings. The van der Waals surface area contributed by atoms with Gasteiger partial charge in [0.05, 0.1) is 13.0 Å². The number of furan rings is 1. The van der Waals surface area contributed by atoms with E-state index in [0.717, 1.165) is 23.3 Å². The highest BCUT2D eigenvalue weighted by Gasteiger charge is 2.36. The molecule has 0 aliphatic carbocycles. The Balaban J connectivity index is 1.95. The topological polar surface area (TPSA) is 51.5 Å². The van der Waals surface area contributed by atoms with Gasteiger partial charge >= 0.3 is 5.97 Å². The normalized spacial score (nSPS) is 23.4. The van der Waals surface area contributed by atoms with Crippen LogP contribution in [0.2, 0.25) is 0 Å². The summed E-state index contributed by atoms with van der Waals surface area (Å²) in [5.74, 6) is 0.586. The number of benzene rings is 1. The fraction of sp³-hybridized carbons (Fsp3) is 0.357. The summed E-state index contributed by atoms with van der Waals surface area (Å²) in [4.78, 5) is 11.7. The average Bonchev–Trinajstić information content (AvgIpc) is 3.03. The molecule has 0 bridgehead atoms. The number of nitrogens with one attached hydrogen (secondary N) is 1. The fourth-order valence-corrected chi connectivity index (χ4v) is 2.56. The lowest BCUT2D eigenvalue weighted by Crippen LogP contribution is -2.22. The molecular weight excluding hydrogens is 230 g/mol. The van der Waals surface area contributed by atoms with Crippen molar-refractivity contribution in [1.82, 2.24) is 5.32 Å². The zero-order valence-corrected chi connectivity index (χ0v) is 10.2. The van der Waals surface area contributed by atoms with Gasteiger partial charge in [-0.1, -0.05) is 18.2 Å². The van der Waals surface area contributed by atoms with Crippen LogP contribution < -0.4 is 5.32 Å². The summed E-state index contributed by atoms with van der Waals surface area (Å²) < 4.78 is 10.7. The fourth-order valence-electron chi connectivity index (χ4n) is 2.56. The largest absolute Gasteiger partial charge is 0.469 e. The third-order valence-electron chi connectivity index (χ3n) is 3.53. The van der Waals surface area contributed by atoms with Gasteiger partial charge in [0.1, 0.15) is 11.3 Å². The number of methoxy groups -OCH3 is 1. The SMILES string of the molecule is COC(=O)C1CNCC1c1cc2ccccc2o1. The van der Waals surface area contributed by atoms with E-state index in [2.05, 4.69) is 5.32 Å². The van der Waals surface area contributed by atoms with Gasteiger partial charge in [-0.2, -0.15) is 0 Å². The Kier molecular flexibility index (Phi) is 2.80. The second-order valence-electron chi connectivity index (χ2n) is 4.58. The molecule has 18 heavy (non-hydrogen) atoms. The van der Waals surface area contributed by atoms with Crippen molar-refractivity contribution >= 4 is 16.9 Å². The number of carbonyl (C=O) groups is 1. The predicted molar refractivity (Wildman–Crippen MR) is 67.3 cm³/mol. The summed E-state index contributed by atoms with van der Waals surface area (Å²) in [7, 11) is 1.43. The van der Waals surface area contributed by atoms with Gasteiger partial charge in [0, 0.05) is 24.4 Å². The quantitative estimate of drug-likeness (QED) is 0.821. The van der Waals surface area contributed by atoms with E-state index in [1.165, 1.54) is 7.11 Å². The molecule has 4 heteroatoms. The Labute approximate surface area is 105 Å². The molecule has 2 atom stereocenters. The van der Waals surface area contributed by atoms with Crippen LogP contribution in [0, 0.1) is 5.92 Å². The molecule has 0 radical (unpaired) electrons. The summed E-state index contributed by atoms with van der Waals surface area (Å²) in [6, 6.07) is 9.89. The highest BCUT2D eigenvalue weighted by atomic mass is 16.5. The third kappa shape index (κ3) is 1.78. The van der Waals surface area contributed by atoms with Crippen molar-refractivity contribution in [3.63, 3.8) is 0 Å². The molecule has 2 unspecified atom stereocenters. The number of rotatable bonds is 2. The standard InChI is InChI=1S/C14H15NO3/c1-17-14(16)11-8-15-7-10(11)13-6-9-4-2-3-5-12(9)18-13/h2-6,10-11,15H,7-8H2,1H3. The van der Waals surface area contributed by atoms with E-state index < -0.39 is 0 Å². The lowest BCUT2D eigenvalue weighted by molar-refractivity contribution is -0.145. The van der Waals surface area contributed by atoms with Crippen molar-refractivity contribution in [1.29, 1.82) is 0 Å². The molecule has 94 valence electrons. The first-order valence-corrected chi connectivity index (χ1v) is 6.06. The summed E-state index contributed by atoms with van der Waals surface area (Å²) in [6.45, 7) is 1.40. The van der Waals surface area contributed by atoms with Gasteiger partial charge in [-0.25, -0.2) is 0 Å². The number of hydrogen-bond acceptors (Lipinski definition) is 4. The van der Waals surface area contributed by atoms with Gasteiger partial charge in [-0.05, 0) is 12.1 Å². The minimum absolute atomic E-state index is 0.0600. The molecule has 1 aromatic heterocycles. The molecule has 0 amide bonds. The van der Waals surface area contributed by atoms with Crippen LogP contribution in [0.25, 0.3) is 11.0 Å². The van der Waals surface area contributed by atoms with Crippen molar-refractivity contribution in [3.05, 3.63) is 36.1 Å². The minimum atomic E-state index is -0.176. The van der Waals surface area contributed by atoms with Crippen LogP contribution in [0.5, 0.6) is 0 Å². The molecule has 1 aliphatic heterocycles. The van der Waals surface area contributed by atoms with Gasteiger partial charge in [-0.3, -0.25) is 4.79 Å². The van der Waals surface area contributed by atoms with E-state index in [9.17, 15) is 4.79 Å². The number of ether oxygens (including phenoxy) is 1. The molecule has 0 saturated carbocycles. The van der Waals surface area contributed by atoms with E-state index in [-0.39, 0.29) is 17.8 Å². The smallest absolute Gasteiger partial charge is 0.310 e. The first-order valence-electron chi connectivity index (χ1n) is 6.06. The van der Waals surface area contributed by atoms with Crippen LogP contribution >= 0.6 is 0 Å². The van der Waals surface area contributed by atoms with Crippen LogP contribution in [0.1, 0.15) is 11.7 Å². The molecule has 1 aliphatic rings. The predicted octanol–water partition coefficient (Wildman–Crippen LogP) is 1.91. The second-order valence-corrected chi connectivity index (χ2v) is 4.58. The van der Waals surface area contributed by atoms with E-state index in [1.54, 1.807) is 0 Å². The molecule has 1 aromatic carbocycles. The van der Waals surface area contributed by atoms with E-state index in [1.807, 2.05) is 30.3 Å². The third-order valence-corrected chi connectivity index (χ3v) is 3.53.